The van der Waals surface area contributed by atoms with Crippen LogP contribution in [0.15, 0.2) is 49.2 Å². The molecule has 0 spiro atoms. The maximum absolute atomic E-state index is 16.5. The third-order valence-corrected chi connectivity index (χ3v) is 8.60. The van der Waals surface area contributed by atoms with Crippen molar-refractivity contribution >= 4 is 72.0 Å². The summed E-state index contributed by atoms with van der Waals surface area (Å²) < 4.78 is 36.4. The molecule has 2 aliphatic rings. The van der Waals surface area contributed by atoms with E-state index >= 15 is 4.39 Å². The summed E-state index contributed by atoms with van der Waals surface area (Å²) in [6.45, 7) is 12.3. The first-order chi connectivity index (χ1) is 21.3. The third-order valence-electron chi connectivity index (χ3n) is 8.28. The third kappa shape index (κ3) is 6.69. The minimum absolute atomic E-state index is 0. The maximum atomic E-state index is 16.5. The van der Waals surface area contributed by atoms with E-state index in [1.165, 1.54) is 17.3 Å². The first-order valence-corrected chi connectivity index (χ1v) is 14.6. The Bertz CT molecular complexity index is 1820. The summed E-state index contributed by atoms with van der Waals surface area (Å²) >= 11 is 6.53. The van der Waals surface area contributed by atoms with Gasteiger partial charge in [-0.25, -0.2) is 15.4 Å². The molecule has 10 nitrogen and oxygen atoms in total. The summed E-state index contributed by atoms with van der Waals surface area (Å²) in [5, 5.41) is 2.11. The summed E-state index contributed by atoms with van der Waals surface area (Å²) in [4.78, 5) is 39.2. The minimum Gasteiger partial charge on any atom is -0.462 e. The topological polar surface area (TPSA) is 91.9 Å². The van der Waals surface area contributed by atoms with Gasteiger partial charge in [-0.05, 0) is 32.5 Å². The Morgan fingerprint density at radius 3 is 2.70 bits per heavy atom. The number of halogens is 3. The van der Waals surface area contributed by atoms with Crippen LogP contribution >= 0.6 is 38.6 Å². The van der Waals surface area contributed by atoms with Gasteiger partial charge >= 0.3 is 6.01 Å². The fourth-order valence-electron chi connectivity index (χ4n) is 5.98. The molecule has 0 bridgehead atoms. The van der Waals surface area contributed by atoms with E-state index in [1.807, 2.05) is 18.0 Å². The largest absolute Gasteiger partial charge is 0.462 e. The van der Waals surface area contributed by atoms with Crippen LogP contribution < -0.4 is 9.64 Å². The predicted molar refractivity (Wildman–Crippen MR) is 184 cm³/mol. The van der Waals surface area contributed by atoms with Gasteiger partial charge in [-0.15, -0.1) is 0 Å². The highest BCUT2D eigenvalue weighted by Crippen LogP contribution is 2.37. The quantitative estimate of drug-likeness (QED) is 0.195. The van der Waals surface area contributed by atoms with Gasteiger partial charge in [-0.1, -0.05) is 30.3 Å². The highest BCUT2D eigenvalue weighted by Gasteiger charge is 2.35. The Morgan fingerprint density at radius 1 is 1.17 bits per heavy atom. The molecular formula is C31H33ClF2N8O2S2. The number of hydrogen-bond donors (Lipinski definition) is 0. The van der Waals surface area contributed by atoms with Gasteiger partial charge in [0.2, 0.25) is 6.54 Å². The lowest BCUT2D eigenvalue weighted by atomic mass is 10.0. The van der Waals surface area contributed by atoms with E-state index in [9.17, 15) is 9.18 Å². The average Bonchev–Trinajstić information content (AvgIpc) is 3.44. The number of ether oxygens (including phenoxy) is 1. The number of nitrogens with zero attached hydrogens (tertiary/aromatic N) is 8. The van der Waals surface area contributed by atoms with E-state index in [0.717, 1.165) is 24.8 Å². The highest BCUT2D eigenvalue weighted by molar-refractivity contribution is 7.59. The number of benzene rings is 1. The summed E-state index contributed by atoms with van der Waals surface area (Å²) in [5.74, 6) is -2.29. The van der Waals surface area contributed by atoms with Crippen molar-refractivity contribution in [2.24, 2.45) is 0 Å². The number of carbonyl (C=O) groups excluding carboxylic acids is 1. The zero-order chi connectivity index (χ0) is 31.0. The molecule has 6 rings (SSSR count). The number of rotatable bonds is 7. The van der Waals surface area contributed by atoms with E-state index < -0.39 is 23.6 Å². The molecule has 242 valence electrons. The molecule has 0 aliphatic carbocycles. The number of anilines is 1. The first kappa shape index (κ1) is 35.1. The lowest BCUT2D eigenvalue weighted by molar-refractivity contribution is -0.131. The number of hydrogen-bond acceptors (Lipinski definition) is 8. The van der Waals surface area contributed by atoms with Gasteiger partial charge in [0.05, 0.1) is 5.39 Å². The Labute approximate surface area is 284 Å². The van der Waals surface area contributed by atoms with Gasteiger partial charge in [-0.2, -0.15) is 37.0 Å². The molecule has 2 atom stereocenters. The fourth-order valence-corrected chi connectivity index (χ4v) is 6.26. The van der Waals surface area contributed by atoms with E-state index in [2.05, 4.69) is 36.3 Å². The number of aromatic nitrogens is 4. The Morgan fingerprint density at radius 2 is 1.98 bits per heavy atom. The molecule has 2 saturated heterocycles. The summed E-state index contributed by atoms with van der Waals surface area (Å²) in [5.41, 5.74) is 0.437. The Hall–Kier alpha value is -3.77. The smallest absolute Gasteiger partial charge is 0.319 e. The van der Waals surface area contributed by atoms with Gasteiger partial charge < -0.3 is 24.3 Å². The van der Waals surface area contributed by atoms with Gasteiger partial charge in [0, 0.05) is 65.6 Å². The number of carbonyl (C=O) groups is 1. The standard InChI is InChI=1S/C31H29ClF2N8O2.2H2S/c1-18(33)30(43)42-11-10-41(16-21(42)13-35-2)29-23-15-37-27(22-14-36-12-19-6-4-8-24(32)25(19)22)26(34)28(23)38-31(39-29)44-17-20-7-5-9-40(20)3;;/h4,6,8,12,14-15,20-21H,1,5,7,9-11,13,16-17H2,3H3;2*1H2/t20-,21-;;/m0../s1. The van der Waals surface area contributed by atoms with Crippen LogP contribution in [0, 0.1) is 12.4 Å². The number of amides is 1. The zero-order valence-corrected chi connectivity index (χ0v) is 27.8. The van der Waals surface area contributed by atoms with Crippen LogP contribution in [0.25, 0.3) is 37.8 Å². The predicted octanol–water partition coefficient (Wildman–Crippen LogP) is 5.15. The van der Waals surface area contributed by atoms with Gasteiger partial charge in [-0.3, -0.25) is 14.8 Å². The van der Waals surface area contributed by atoms with Gasteiger partial charge in [0.1, 0.15) is 29.7 Å². The number of likely N-dealkylation sites (tertiary alicyclic amines) is 1. The molecule has 5 heterocycles. The van der Waals surface area contributed by atoms with Crippen LogP contribution in [0.1, 0.15) is 12.8 Å². The minimum atomic E-state index is -1.09. The van der Waals surface area contributed by atoms with Crippen LogP contribution in [0.3, 0.4) is 0 Å². The van der Waals surface area contributed by atoms with Gasteiger partial charge in [0.15, 0.2) is 11.6 Å². The first-order valence-electron chi connectivity index (χ1n) is 14.2. The SMILES string of the molecule is S.S.[C-]#[N+]C[C@H]1CN(c2nc(OC[C@@H]3CCCN3C)nc3c(F)c(-c4cncc5cccc(Cl)c45)ncc23)CCN1C(=O)C(=C)F. The summed E-state index contributed by atoms with van der Waals surface area (Å²) in [7, 11) is 2.03. The fraction of sp³-hybridized carbons (Fsp3) is 0.355. The molecule has 0 unspecified atom stereocenters. The number of piperazine rings is 1. The summed E-state index contributed by atoms with van der Waals surface area (Å²) in [6.07, 6.45) is 6.68. The van der Waals surface area contributed by atoms with E-state index in [-0.39, 0.29) is 76.4 Å². The Balaban J connectivity index is 0.00000240. The molecule has 2 aliphatic heterocycles. The number of fused-ring (bicyclic) bond motifs is 2. The van der Waals surface area contributed by atoms with E-state index in [0.29, 0.717) is 33.8 Å². The van der Waals surface area contributed by atoms with Crippen molar-refractivity contribution in [2.75, 3.05) is 51.3 Å². The van der Waals surface area contributed by atoms with Crippen molar-refractivity contribution in [3.8, 4) is 17.3 Å². The second kappa shape index (κ2) is 14.8. The van der Waals surface area contributed by atoms with E-state index in [1.54, 1.807) is 18.3 Å². The van der Waals surface area contributed by atoms with Crippen molar-refractivity contribution in [2.45, 2.75) is 24.9 Å². The molecule has 0 N–H and O–H groups in total. The van der Waals surface area contributed by atoms with Crippen LogP contribution in [0.5, 0.6) is 6.01 Å². The molecule has 0 radical (unpaired) electrons. The molecule has 0 saturated carbocycles. The molecule has 1 aromatic carbocycles. The molecule has 4 aromatic rings. The second-order valence-corrected chi connectivity index (χ2v) is 11.4. The van der Waals surface area contributed by atoms with Crippen LogP contribution in [-0.2, 0) is 4.79 Å². The van der Waals surface area contributed by atoms with Crippen LogP contribution in [-0.4, -0.2) is 94.1 Å². The highest BCUT2D eigenvalue weighted by atomic mass is 35.5. The Kier molecular flexibility index (Phi) is 11.3. The summed E-state index contributed by atoms with van der Waals surface area (Å²) in [6, 6.07) is 4.89. The normalized spacial score (nSPS) is 18.2. The molecule has 2 fully saturated rings. The lowest BCUT2D eigenvalue weighted by Gasteiger charge is -2.39. The second-order valence-electron chi connectivity index (χ2n) is 11.0. The molecule has 3 aromatic heterocycles. The number of pyridine rings is 2. The molecule has 1 amide bonds. The zero-order valence-electron chi connectivity index (χ0n) is 25.0. The van der Waals surface area contributed by atoms with Crippen LogP contribution in [0.2, 0.25) is 5.02 Å². The maximum Gasteiger partial charge on any atom is 0.319 e. The number of likely N-dealkylation sites (N-methyl/N-ethyl adjacent to an activating group) is 1. The van der Waals surface area contributed by atoms with Crippen molar-refractivity contribution in [1.82, 2.24) is 29.7 Å². The molecule has 46 heavy (non-hydrogen) atoms. The van der Waals surface area contributed by atoms with Crippen molar-refractivity contribution in [1.29, 1.82) is 0 Å². The van der Waals surface area contributed by atoms with Crippen molar-refractivity contribution < 1.29 is 18.3 Å². The van der Waals surface area contributed by atoms with E-state index in [4.69, 9.17) is 22.9 Å². The van der Waals surface area contributed by atoms with Crippen molar-refractivity contribution in [3.63, 3.8) is 0 Å². The van der Waals surface area contributed by atoms with Gasteiger partial charge in [0.25, 0.3) is 5.91 Å². The molecule has 15 heteroatoms. The monoisotopic (exact) mass is 686 g/mol. The van der Waals surface area contributed by atoms with Crippen LogP contribution in [0.4, 0.5) is 14.6 Å². The lowest BCUT2D eigenvalue weighted by Crippen LogP contribution is -2.56. The molecular weight excluding hydrogens is 654 g/mol. The van der Waals surface area contributed by atoms with Crippen molar-refractivity contribution in [3.05, 3.63) is 71.5 Å². The average molecular weight is 687 g/mol.